The molecule has 0 spiro atoms. The molecule has 5 nitrogen and oxygen atoms in total. The van der Waals surface area contributed by atoms with Crippen molar-refractivity contribution < 1.29 is 0 Å². The third-order valence-electron chi connectivity index (χ3n) is 3.25. The molecule has 0 radical (unpaired) electrons. The highest BCUT2D eigenvalue weighted by atomic mass is 32.1. The number of aryl methyl sites for hydroxylation is 1. The molecule has 3 rings (SSSR count). The molecule has 0 amide bonds. The van der Waals surface area contributed by atoms with Crippen LogP contribution in [0.2, 0.25) is 0 Å². The lowest BCUT2D eigenvalue weighted by Gasteiger charge is -2.10. The van der Waals surface area contributed by atoms with Gasteiger partial charge in [0.1, 0.15) is 16.4 Å². The standard InChI is InChI=1S/C15H17N5S/c1-10-8-17-15(21-10)11(2)16-9-13-14(19-20-18-13)12-6-4-3-5-7-12/h3-8,11,16H,9H2,1-2H3,(H,18,19,20). The number of benzene rings is 1. The highest BCUT2D eigenvalue weighted by molar-refractivity contribution is 7.11. The summed E-state index contributed by atoms with van der Waals surface area (Å²) >= 11 is 1.72. The number of nitrogens with zero attached hydrogens (tertiary/aromatic N) is 3. The van der Waals surface area contributed by atoms with Gasteiger partial charge in [0.25, 0.3) is 0 Å². The van der Waals surface area contributed by atoms with Crippen molar-refractivity contribution in [3.8, 4) is 11.3 Å². The van der Waals surface area contributed by atoms with Crippen LogP contribution in [0.5, 0.6) is 0 Å². The van der Waals surface area contributed by atoms with Crippen LogP contribution >= 0.6 is 11.3 Å². The normalized spacial score (nSPS) is 12.5. The van der Waals surface area contributed by atoms with Crippen LogP contribution in [-0.4, -0.2) is 20.4 Å². The lowest BCUT2D eigenvalue weighted by atomic mass is 10.1. The number of aromatic nitrogens is 4. The number of thiazole rings is 1. The van der Waals surface area contributed by atoms with Gasteiger partial charge in [-0.1, -0.05) is 30.3 Å². The van der Waals surface area contributed by atoms with Gasteiger partial charge in [0.15, 0.2) is 0 Å². The molecule has 2 N–H and O–H groups in total. The van der Waals surface area contributed by atoms with Gasteiger partial charge in [-0.25, -0.2) is 4.98 Å². The molecule has 1 atom stereocenters. The molecule has 108 valence electrons. The molecular weight excluding hydrogens is 282 g/mol. The Bertz CT molecular complexity index is 704. The highest BCUT2D eigenvalue weighted by Crippen LogP contribution is 2.21. The van der Waals surface area contributed by atoms with Crippen LogP contribution in [0.1, 0.15) is 28.5 Å². The summed E-state index contributed by atoms with van der Waals surface area (Å²) in [6, 6.07) is 10.3. The van der Waals surface area contributed by atoms with Gasteiger partial charge in [-0.3, -0.25) is 0 Å². The molecule has 0 aliphatic heterocycles. The van der Waals surface area contributed by atoms with Gasteiger partial charge in [-0.2, -0.15) is 15.4 Å². The number of aromatic amines is 1. The number of H-pyrrole nitrogens is 1. The van der Waals surface area contributed by atoms with E-state index in [9.17, 15) is 0 Å². The quantitative estimate of drug-likeness (QED) is 0.760. The molecule has 1 aromatic carbocycles. The van der Waals surface area contributed by atoms with E-state index in [0.717, 1.165) is 22.0 Å². The Morgan fingerprint density at radius 1 is 1.24 bits per heavy atom. The Hall–Kier alpha value is -2.05. The van der Waals surface area contributed by atoms with Crippen LogP contribution in [-0.2, 0) is 6.54 Å². The maximum Gasteiger partial charge on any atom is 0.117 e. The minimum Gasteiger partial charge on any atom is -0.302 e. The van der Waals surface area contributed by atoms with Crippen LogP contribution in [0.4, 0.5) is 0 Å². The van der Waals surface area contributed by atoms with Gasteiger partial charge in [0.05, 0.1) is 6.04 Å². The van der Waals surface area contributed by atoms with E-state index in [-0.39, 0.29) is 6.04 Å². The minimum atomic E-state index is 0.198. The van der Waals surface area contributed by atoms with Crippen molar-refractivity contribution in [1.82, 2.24) is 25.7 Å². The Balaban J connectivity index is 1.70. The van der Waals surface area contributed by atoms with Crippen LogP contribution in [0.3, 0.4) is 0 Å². The molecule has 2 heterocycles. The third kappa shape index (κ3) is 3.17. The van der Waals surface area contributed by atoms with Crippen molar-refractivity contribution >= 4 is 11.3 Å². The molecular formula is C15H17N5S. The fraction of sp³-hybridized carbons (Fsp3) is 0.267. The van der Waals surface area contributed by atoms with Crippen molar-refractivity contribution in [3.05, 3.63) is 52.1 Å². The zero-order chi connectivity index (χ0) is 14.7. The van der Waals surface area contributed by atoms with Gasteiger partial charge in [0.2, 0.25) is 0 Å². The van der Waals surface area contributed by atoms with Gasteiger partial charge in [0, 0.05) is 23.2 Å². The van der Waals surface area contributed by atoms with E-state index in [1.54, 1.807) is 11.3 Å². The second-order valence-corrected chi connectivity index (χ2v) is 6.16. The predicted molar refractivity (Wildman–Crippen MR) is 83.9 cm³/mol. The van der Waals surface area contributed by atoms with E-state index in [4.69, 9.17) is 0 Å². The van der Waals surface area contributed by atoms with E-state index in [0.29, 0.717) is 6.54 Å². The van der Waals surface area contributed by atoms with Crippen LogP contribution in [0, 0.1) is 6.92 Å². The van der Waals surface area contributed by atoms with Gasteiger partial charge in [-0.15, -0.1) is 11.3 Å². The lowest BCUT2D eigenvalue weighted by molar-refractivity contribution is 0.565. The summed E-state index contributed by atoms with van der Waals surface area (Å²) in [5, 5.41) is 15.8. The molecule has 1 unspecified atom stereocenters. The van der Waals surface area contributed by atoms with Gasteiger partial charge >= 0.3 is 0 Å². The van der Waals surface area contributed by atoms with Crippen molar-refractivity contribution in [2.45, 2.75) is 26.4 Å². The summed E-state index contributed by atoms with van der Waals surface area (Å²) in [6.45, 7) is 4.83. The van der Waals surface area contributed by atoms with E-state index >= 15 is 0 Å². The first kappa shape index (κ1) is 13.9. The van der Waals surface area contributed by atoms with E-state index < -0.39 is 0 Å². The smallest absolute Gasteiger partial charge is 0.117 e. The lowest BCUT2D eigenvalue weighted by Crippen LogP contribution is -2.18. The maximum atomic E-state index is 4.41. The monoisotopic (exact) mass is 299 g/mol. The minimum absolute atomic E-state index is 0.198. The van der Waals surface area contributed by atoms with Crippen LogP contribution in [0.15, 0.2) is 36.5 Å². The fourth-order valence-corrected chi connectivity index (χ4v) is 2.91. The number of nitrogens with one attached hydrogen (secondary N) is 2. The first-order chi connectivity index (χ1) is 10.2. The summed E-state index contributed by atoms with van der Waals surface area (Å²) in [5.41, 5.74) is 2.88. The van der Waals surface area contributed by atoms with Crippen molar-refractivity contribution in [2.24, 2.45) is 0 Å². The molecule has 0 fully saturated rings. The number of hydrogen-bond acceptors (Lipinski definition) is 5. The molecule has 0 aliphatic rings. The SMILES string of the molecule is Cc1cnc(C(C)NCc2n[nH]nc2-c2ccccc2)s1. The van der Waals surface area contributed by atoms with Crippen LogP contribution < -0.4 is 5.32 Å². The molecule has 0 aliphatic carbocycles. The van der Waals surface area contributed by atoms with Crippen molar-refractivity contribution in [3.63, 3.8) is 0 Å². The molecule has 6 heteroatoms. The molecule has 0 saturated heterocycles. The fourth-order valence-electron chi connectivity index (χ4n) is 2.11. The molecule has 2 aromatic heterocycles. The Morgan fingerprint density at radius 3 is 2.76 bits per heavy atom. The first-order valence-electron chi connectivity index (χ1n) is 6.85. The summed E-state index contributed by atoms with van der Waals surface area (Å²) < 4.78 is 0. The number of hydrogen-bond donors (Lipinski definition) is 2. The average molecular weight is 299 g/mol. The predicted octanol–water partition coefficient (Wildman–Crippen LogP) is 3.09. The molecule has 3 aromatic rings. The topological polar surface area (TPSA) is 66.5 Å². The van der Waals surface area contributed by atoms with E-state index in [2.05, 4.69) is 39.6 Å². The summed E-state index contributed by atoms with van der Waals surface area (Å²) in [4.78, 5) is 5.64. The summed E-state index contributed by atoms with van der Waals surface area (Å²) in [7, 11) is 0. The second-order valence-electron chi connectivity index (χ2n) is 4.90. The second kappa shape index (κ2) is 6.15. The zero-order valence-electron chi connectivity index (χ0n) is 12.0. The van der Waals surface area contributed by atoms with Crippen molar-refractivity contribution in [2.75, 3.05) is 0 Å². The van der Waals surface area contributed by atoms with E-state index in [1.165, 1.54) is 4.88 Å². The highest BCUT2D eigenvalue weighted by Gasteiger charge is 2.13. The summed E-state index contributed by atoms with van der Waals surface area (Å²) in [6.07, 6.45) is 1.91. The van der Waals surface area contributed by atoms with E-state index in [1.807, 2.05) is 36.5 Å². The van der Waals surface area contributed by atoms with Gasteiger partial charge in [-0.05, 0) is 13.8 Å². The summed E-state index contributed by atoms with van der Waals surface area (Å²) in [5.74, 6) is 0. The number of rotatable bonds is 5. The third-order valence-corrected chi connectivity index (χ3v) is 4.35. The Kier molecular flexibility index (Phi) is 4.08. The maximum absolute atomic E-state index is 4.41. The molecule has 21 heavy (non-hydrogen) atoms. The largest absolute Gasteiger partial charge is 0.302 e. The molecule has 0 saturated carbocycles. The van der Waals surface area contributed by atoms with Crippen LogP contribution in [0.25, 0.3) is 11.3 Å². The Morgan fingerprint density at radius 2 is 2.05 bits per heavy atom. The van der Waals surface area contributed by atoms with Gasteiger partial charge < -0.3 is 5.32 Å². The van der Waals surface area contributed by atoms with Crippen molar-refractivity contribution in [1.29, 1.82) is 0 Å². The molecule has 0 bridgehead atoms. The Labute approximate surface area is 127 Å². The average Bonchev–Trinajstić information content (AvgIpc) is 3.14. The zero-order valence-corrected chi connectivity index (χ0v) is 12.8. The first-order valence-corrected chi connectivity index (χ1v) is 7.66.